The van der Waals surface area contributed by atoms with E-state index < -0.39 is 19.9 Å². The Morgan fingerprint density at radius 1 is 0.732 bits per heavy atom. The number of esters is 1. The van der Waals surface area contributed by atoms with Gasteiger partial charge in [-0.1, -0.05) is 103 Å². The summed E-state index contributed by atoms with van der Waals surface area (Å²) in [6.45, 7) is 4.40. The van der Waals surface area contributed by atoms with Crippen LogP contribution in [0.5, 0.6) is 0 Å². The van der Waals surface area contributed by atoms with Gasteiger partial charge in [-0.05, 0) is 32.1 Å². The van der Waals surface area contributed by atoms with Crippen LogP contribution in [0.15, 0.2) is 12.2 Å². The molecule has 2 unspecified atom stereocenters. The SMILES string of the molecule is CCCCCCCC/C=C\CCCCCCCCCCCCOCC(COP(=O)([O-])OCC[N+](C)(C)C)OC(C)=O. The fourth-order valence-electron chi connectivity index (χ4n) is 4.36. The highest BCUT2D eigenvalue weighted by Gasteiger charge is 2.19. The zero-order valence-corrected chi connectivity index (χ0v) is 28.1. The average molecular weight is 606 g/mol. The monoisotopic (exact) mass is 605 g/mol. The number of phosphoric acid groups is 1. The summed E-state index contributed by atoms with van der Waals surface area (Å²) in [4.78, 5) is 23.3. The molecule has 0 amide bonds. The maximum atomic E-state index is 12.0. The van der Waals surface area contributed by atoms with Crippen LogP contribution in [0.2, 0.25) is 0 Å². The fourth-order valence-corrected chi connectivity index (χ4v) is 5.09. The van der Waals surface area contributed by atoms with E-state index in [9.17, 15) is 14.3 Å². The zero-order valence-electron chi connectivity index (χ0n) is 27.2. The van der Waals surface area contributed by atoms with E-state index in [0.717, 1.165) is 12.8 Å². The van der Waals surface area contributed by atoms with E-state index >= 15 is 0 Å². The summed E-state index contributed by atoms with van der Waals surface area (Å²) in [5.74, 6) is -0.510. The van der Waals surface area contributed by atoms with Gasteiger partial charge >= 0.3 is 5.97 Å². The molecule has 9 heteroatoms. The van der Waals surface area contributed by atoms with Crippen molar-refractivity contribution in [2.24, 2.45) is 0 Å². The Morgan fingerprint density at radius 2 is 1.22 bits per heavy atom. The van der Waals surface area contributed by atoms with Gasteiger partial charge in [0.1, 0.15) is 19.3 Å². The molecule has 0 saturated carbocycles. The smallest absolute Gasteiger partial charge is 0.303 e. The van der Waals surface area contributed by atoms with Crippen molar-refractivity contribution in [1.29, 1.82) is 0 Å². The number of likely N-dealkylation sites (N-methyl/N-ethyl adjacent to an activating group) is 1. The van der Waals surface area contributed by atoms with Gasteiger partial charge in [0.05, 0.1) is 34.4 Å². The van der Waals surface area contributed by atoms with Gasteiger partial charge in [0, 0.05) is 13.5 Å². The topological polar surface area (TPSA) is 94.1 Å². The molecule has 0 spiro atoms. The Bertz CT molecular complexity index is 681. The molecule has 0 fully saturated rings. The number of nitrogens with zero attached hydrogens (tertiary/aromatic N) is 1. The summed E-state index contributed by atoms with van der Waals surface area (Å²) in [5, 5.41) is 0. The van der Waals surface area contributed by atoms with E-state index in [-0.39, 0.29) is 19.8 Å². The quantitative estimate of drug-likeness (QED) is 0.0272. The number of carbonyl (C=O) groups is 1. The summed E-state index contributed by atoms with van der Waals surface area (Å²) in [7, 11) is 1.35. The molecule has 0 bridgehead atoms. The number of hydrogen-bond donors (Lipinski definition) is 0. The first kappa shape index (κ1) is 40.2. The van der Waals surface area contributed by atoms with Crippen molar-refractivity contribution >= 4 is 13.8 Å². The number of hydrogen-bond acceptors (Lipinski definition) is 7. The van der Waals surface area contributed by atoms with Crippen LogP contribution in [0.3, 0.4) is 0 Å². The van der Waals surface area contributed by atoms with Crippen LogP contribution in [-0.2, 0) is 27.9 Å². The summed E-state index contributed by atoms with van der Waals surface area (Å²) in [6.07, 6.45) is 27.1. The normalized spacial score (nSPS) is 14.4. The molecule has 0 aromatic rings. The molecule has 0 aliphatic heterocycles. The third-order valence-electron chi connectivity index (χ3n) is 6.87. The third kappa shape index (κ3) is 32.0. The molecule has 41 heavy (non-hydrogen) atoms. The van der Waals surface area contributed by atoms with Gasteiger partial charge in [-0.2, -0.15) is 0 Å². The highest BCUT2D eigenvalue weighted by molar-refractivity contribution is 7.45. The van der Waals surface area contributed by atoms with E-state index in [2.05, 4.69) is 19.1 Å². The molecule has 0 saturated heterocycles. The Balaban J connectivity index is 3.65. The second-order valence-corrected chi connectivity index (χ2v) is 13.7. The minimum absolute atomic E-state index is 0.0241. The van der Waals surface area contributed by atoms with Crippen molar-refractivity contribution in [2.75, 3.05) is 54.1 Å². The Hall–Kier alpha value is -0.760. The molecule has 0 radical (unpaired) electrons. The van der Waals surface area contributed by atoms with Crippen LogP contribution < -0.4 is 4.89 Å². The van der Waals surface area contributed by atoms with Gasteiger partial charge < -0.3 is 27.9 Å². The van der Waals surface area contributed by atoms with Gasteiger partial charge in [0.25, 0.3) is 7.82 Å². The minimum atomic E-state index is -4.47. The van der Waals surface area contributed by atoms with Crippen LogP contribution in [0, 0.1) is 0 Å². The van der Waals surface area contributed by atoms with Crippen molar-refractivity contribution in [3.05, 3.63) is 12.2 Å². The second kappa shape index (κ2) is 26.8. The maximum absolute atomic E-state index is 12.0. The second-order valence-electron chi connectivity index (χ2n) is 12.2. The number of unbranched alkanes of at least 4 members (excludes halogenated alkanes) is 16. The predicted octanol–water partition coefficient (Wildman–Crippen LogP) is 7.74. The van der Waals surface area contributed by atoms with Crippen LogP contribution in [0.1, 0.15) is 129 Å². The number of allylic oxidation sites excluding steroid dienone is 2. The molecule has 244 valence electrons. The highest BCUT2D eigenvalue weighted by atomic mass is 31.2. The number of ether oxygens (including phenoxy) is 2. The first-order valence-electron chi connectivity index (χ1n) is 16.4. The molecule has 0 N–H and O–H groups in total. The van der Waals surface area contributed by atoms with Crippen molar-refractivity contribution in [3.63, 3.8) is 0 Å². The number of quaternary nitrogens is 1. The third-order valence-corrected chi connectivity index (χ3v) is 7.83. The van der Waals surface area contributed by atoms with Crippen molar-refractivity contribution in [2.45, 2.75) is 136 Å². The zero-order chi connectivity index (χ0) is 30.7. The van der Waals surface area contributed by atoms with Gasteiger partial charge in [-0.25, -0.2) is 0 Å². The molecule has 0 heterocycles. The average Bonchev–Trinajstić information content (AvgIpc) is 2.89. The molecule has 0 rings (SSSR count). The maximum Gasteiger partial charge on any atom is 0.303 e. The van der Waals surface area contributed by atoms with Gasteiger partial charge in [-0.3, -0.25) is 9.36 Å². The molecule has 0 aromatic carbocycles. The summed E-state index contributed by atoms with van der Waals surface area (Å²) >= 11 is 0. The number of phosphoric ester groups is 1. The van der Waals surface area contributed by atoms with E-state index in [1.165, 1.54) is 110 Å². The van der Waals surface area contributed by atoms with E-state index in [0.29, 0.717) is 17.6 Å². The van der Waals surface area contributed by atoms with Crippen LogP contribution in [0.4, 0.5) is 0 Å². The first-order chi connectivity index (χ1) is 19.6. The lowest BCUT2D eigenvalue weighted by molar-refractivity contribution is -0.870. The fraction of sp³-hybridized carbons (Fsp3) is 0.906. The summed E-state index contributed by atoms with van der Waals surface area (Å²) in [5.41, 5.74) is 0. The lowest BCUT2D eigenvalue weighted by Crippen LogP contribution is -2.37. The summed E-state index contributed by atoms with van der Waals surface area (Å²) in [6, 6.07) is 0. The lowest BCUT2D eigenvalue weighted by Gasteiger charge is -2.28. The molecule has 2 atom stereocenters. The highest BCUT2D eigenvalue weighted by Crippen LogP contribution is 2.38. The molecule has 0 aromatic heterocycles. The predicted molar refractivity (Wildman–Crippen MR) is 167 cm³/mol. The minimum Gasteiger partial charge on any atom is -0.756 e. The van der Waals surface area contributed by atoms with E-state index in [1.54, 1.807) is 0 Å². The summed E-state index contributed by atoms with van der Waals surface area (Å²) < 4.78 is 33.1. The van der Waals surface area contributed by atoms with E-state index in [4.69, 9.17) is 18.5 Å². The van der Waals surface area contributed by atoms with Gasteiger partial charge in [0.15, 0.2) is 0 Å². The first-order valence-corrected chi connectivity index (χ1v) is 17.8. The largest absolute Gasteiger partial charge is 0.756 e. The van der Waals surface area contributed by atoms with Crippen LogP contribution >= 0.6 is 7.82 Å². The van der Waals surface area contributed by atoms with Gasteiger partial charge in [-0.15, -0.1) is 0 Å². The van der Waals surface area contributed by atoms with Gasteiger partial charge in [0.2, 0.25) is 0 Å². The molecular formula is C32H64NO7P. The Morgan fingerprint density at radius 3 is 1.71 bits per heavy atom. The van der Waals surface area contributed by atoms with Crippen LogP contribution in [0.25, 0.3) is 0 Å². The Kier molecular flexibility index (Phi) is 26.3. The van der Waals surface area contributed by atoms with Crippen LogP contribution in [-0.4, -0.2) is 70.7 Å². The standard InChI is InChI=1S/C32H64NO7P/c1-6-7-8-9-10-11-12-13-14-15-16-17-18-19-20-21-22-23-24-25-27-37-29-32(40-31(2)34)30-39-41(35,36)38-28-26-33(3,4)5/h13-14,32H,6-12,15-30H2,1-5H3/b14-13-. The molecule has 0 aliphatic carbocycles. The van der Waals surface area contributed by atoms with Crippen molar-refractivity contribution in [1.82, 2.24) is 0 Å². The van der Waals surface area contributed by atoms with Crippen molar-refractivity contribution in [3.8, 4) is 0 Å². The lowest BCUT2D eigenvalue weighted by atomic mass is 10.1. The molecule has 0 aliphatic rings. The Labute approximate surface area is 252 Å². The molecule has 8 nitrogen and oxygen atoms in total. The number of rotatable bonds is 30. The number of carbonyl (C=O) groups excluding carboxylic acids is 1. The van der Waals surface area contributed by atoms with Crippen molar-refractivity contribution < 1.29 is 37.3 Å². The van der Waals surface area contributed by atoms with E-state index in [1.807, 2.05) is 21.1 Å². The molecular weight excluding hydrogens is 541 g/mol.